The second-order valence-electron chi connectivity index (χ2n) is 5.53. The molecule has 1 rings (SSSR count). The lowest BCUT2D eigenvalue weighted by atomic mass is 10.0. The molecule has 0 radical (unpaired) electrons. The van der Waals surface area contributed by atoms with E-state index in [1.165, 1.54) is 19.3 Å². The summed E-state index contributed by atoms with van der Waals surface area (Å²) in [6.07, 6.45) is 7.51. The van der Waals surface area contributed by atoms with E-state index in [9.17, 15) is 0 Å². The predicted molar refractivity (Wildman–Crippen MR) is 59.3 cm³/mol. The SMILES string of the molecule is CCCC1CCC([Si](C)(C)C)C1. The molecular weight excluding hydrogens is 160 g/mol. The van der Waals surface area contributed by atoms with E-state index in [1.807, 2.05) is 0 Å². The van der Waals surface area contributed by atoms with Crippen molar-refractivity contribution < 1.29 is 0 Å². The molecule has 0 aromatic heterocycles. The van der Waals surface area contributed by atoms with Crippen LogP contribution < -0.4 is 0 Å². The average Bonchev–Trinajstić information content (AvgIpc) is 2.35. The second kappa shape index (κ2) is 3.95. The van der Waals surface area contributed by atoms with E-state index in [1.54, 1.807) is 12.8 Å². The summed E-state index contributed by atoms with van der Waals surface area (Å²) in [4.78, 5) is 0. The summed E-state index contributed by atoms with van der Waals surface area (Å²) < 4.78 is 0. The van der Waals surface area contributed by atoms with Crippen LogP contribution in [0.2, 0.25) is 25.2 Å². The number of rotatable bonds is 3. The van der Waals surface area contributed by atoms with Gasteiger partial charge < -0.3 is 0 Å². The van der Waals surface area contributed by atoms with Crippen molar-refractivity contribution in [1.29, 1.82) is 0 Å². The fraction of sp³-hybridized carbons (Fsp3) is 1.00. The van der Waals surface area contributed by atoms with Crippen LogP contribution in [0.15, 0.2) is 0 Å². The summed E-state index contributed by atoms with van der Waals surface area (Å²) in [7, 11) is -0.795. The van der Waals surface area contributed by atoms with Gasteiger partial charge in [0.2, 0.25) is 0 Å². The van der Waals surface area contributed by atoms with Gasteiger partial charge in [0.15, 0.2) is 0 Å². The van der Waals surface area contributed by atoms with Gasteiger partial charge in [-0.1, -0.05) is 52.2 Å². The minimum atomic E-state index is -0.795. The molecule has 0 aromatic rings. The maximum atomic E-state index is 2.53. The summed E-state index contributed by atoms with van der Waals surface area (Å²) >= 11 is 0. The second-order valence-corrected chi connectivity index (χ2v) is 11.1. The van der Waals surface area contributed by atoms with Crippen molar-refractivity contribution in [3.05, 3.63) is 0 Å². The van der Waals surface area contributed by atoms with Gasteiger partial charge in [-0.25, -0.2) is 0 Å². The summed E-state index contributed by atoms with van der Waals surface area (Å²) in [6, 6.07) is 0. The minimum absolute atomic E-state index is 0.795. The van der Waals surface area contributed by atoms with Crippen LogP contribution in [-0.2, 0) is 0 Å². The Bertz CT molecular complexity index is 134. The predicted octanol–water partition coefficient (Wildman–Crippen LogP) is 4.30. The van der Waals surface area contributed by atoms with Crippen molar-refractivity contribution in [3.63, 3.8) is 0 Å². The van der Waals surface area contributed by atoms with E-state index in [2.05, 4.69) is 26.6 Å². The Morgan fingerprint density at radius 1 is 1.17 bits per heavy atom. The van der Waals surface area contributed by atoms with E-state index in [-0.39, 0.29) is 0 Å². The first-order valence-corrected chi connectivity index (χ1v) is 9.11. The fourth-order valence-corrected chi connectivity index (χ4v) is 4.61. The first kappa shape index (κ1) is 10.3. The molecule has 0 spiro atoms. The molecule has 0 nitrogen and oxygen atoms in total. The third-order valence-corrected chi connectivity index (χ3v) is 6.44. The molecule has 1 saturated carbocycles. The molecule has 0 heterocycles. The topological polar surface area (TPSA) is 0 Å². The van der Waals surface area contributed by atoms with Crippen molar-refractivity contribution in [2.75, 3.05) is 0 Å². The molecule has 0 N–H and O–H groups in total. The quantitative estimate of drug-likeness (QED) is 0.574. The first-order valence-electron chi connectivity index (χ1n) is 5.54. The Balaban J connectivity index is 2.35. The Kier molecular flexibility index (Phi) is 3.39. The van der Waals surface area contributed by atoms with E-state index >= 15 is 0 Å². The lowest BCUT2D eigenvalue weighted by Gasteiger charge is -2.24. The average molecular weight is 184 g/mol. The number of hydrogen-bond acceptors (Lipinski definition) is 0. The number of hydrogen-bond donors (Lipinski definition) is 0. The molecule has 0 bridgehead atoms. The molecule has 72 valence electrons. The zero-order valence-corrected chi connectivity index (χ0v) is 10.2. The zero-order valence-electron chi connectivity index (χ0n) is 9.19. The van der Waals surface area contributed by atoms with Gasteiger partial charge in [-0.15, -0.1) is 0 Å². The highest BCUT2D eigenvalue weighted by atomic mass is 28.3. The van der Waals surface area contributed by atoms with Crippen molar-refractivity contribution >= 4 is 8.07 Å². The minimum Gasteiger partial charge on any atom is -0.0693 e. The molecule has 1 aliphatic carbocycles. The molecule has 0 aromatic carbocycles. The van der Waals surface area contributed by atoms with Gasteiger partial charge in [0, 0.05) is 8.07 Å². The van der Waals surface area contributed by atoms with Crippen LogP contribution >= 0.6 is 0 Å². The van der Waals surface area contributed by atoms with Gasteiger partial charge in [0.25, 0.3) is 0 Å². The zero-order chi connectivity index (χ0) is 9.19. The standard InChI is InChI=1S/C11H24Si/c1-5-6-10-7-8-11(9-10)12(2,3)4/h10-11H,5-9H2,1-4H3. The maximum absolute atomic E-state index is 2.53. The van der Waals surface area contributed by atoms with Crippen LogP contribution in [0.5, 0.6) is 0 Å². The van der Waals surface area contributed by atoms with Gasteiger partial charge in [-0.2, -0.15) is 0 Å². The van der Waals surface area contributed by atoms with Crippen LogP contribution in [0, 0.1) is 5.92 Å². The maximum Gasteiger partial charge on any atom is 0.0473 e. The van der Waals surface area contributed by atoms with Crippen LogP contribution in [0.25, 0.3) is 0 Å². The largest absolute Gasteiger partial charge is 0.0693 e. The van der Waals surface area contributed by atoms with E-state index in [4.69, 9.17) is 0 Å². The highest BCUT2D eigenvalue weighted by molar-refractivity contribution is 6.77. The molecule has 2 atom stereocenters. The Morgan fingerprint density at radius 3 is 2.25 bits per heavy atom. The van der Waals surface area contributed by atoms with Crippen LogP contribution in [0.3, 0.4) is 0 Å². The molecule has 0 aliphatic heterocycles. The van der Waals surface area contributed by atoms with Gasteiger partial charge in [-0.05, 0) is 17.9 Å². The van der Waals surface area contributed by atoms with Crippen molar-refractivity contribution in [2.24, 2.45) is 5.92 Å². The molecule has 2 unspecified atom stereocenters. The Labute approximate surface area is 78.8 Å². The fourth-order valence-electron chi connectivity index (χ4n) is 2.53. The summed E-state index contributed by atoms with van der Waals surface area (Å²) in [5.74, 6) is 1.09. The van der Waals surface area contributed by atoms with Gasteiger partial charge in [-0.3, -0.25) is 0 Å². The van der Waals surface area contributed by atoms with Crippen molar-refractivity contribution in [1.82, 2.24) is 0 Å². The van der Waals surface area contributed by atoms with E-state index in [0.717, 1.165) is 11.5 Å². The summed E-state index contributed by atoms with van der Waals surface area (Å²) in [5.41, 5.74) is 1.13. The molecule has 0 amide bonds. The third-order valence-electron chi connectivity index (χ3n) is 3.46. The summed E-state index contributed by atoms with van der Waals surface area (Å²) in [6.45, 7) is 9.92. The molecule has 1 fully saturated rings. The molecule has 0 saturated heterocycles. The van der Waals surface area contributed by atoms with E-state index in [0.29, 0.717) is 0 Å². The third kappa shape index (κ3) is 2.62. The monoisotopic (exact) mass is 184 g/mol. The van der Waals surface area contributed by atoms with Crippen molar-refractivity contribution in [2.45, 2.75) is 64.2 Å². The van der Waals surface area contributed by atoms with Crippen LogP contribution in [0.1, 0.15) is 39.0 Å². The van der Waals surface area contributed by atoms with Gasteiger partial charge in [0.1, 0.15) is 0 Å². The molecule has 1 heteroatoms. The highest BCUT2D eigenvalue weighted by Gasteiger charge is 2.33. The Hall–Kier alpha value is 0.217. The van der Waals surface area contributed by atoms with Crippen molar-refractivity contribution in [3.8, 4) is 0 Å². The highest BCUT2D eigenvalue weighted by Crippen LogP contribution is 2.43. The molecular formula is C11H24Si. The normalized spacial score (nSPS) is 31.0. The molecule has 1 aliphatic rings. The van der Waals surface area contributed by atoms with Crippen LogP contribution in [-0.4, -0.2) is 8.07 Å². The molecule has 12 heavy (non-hydrogen) atoms. The van der Waals surface area contributed by atoms with Crippen LogP contribution in [0.4, 0.5) is 0 Å². The first-order chi connectivity index (χ1) is 5.54. The Morgan fingerprint density at radius 2 is 1.83 bits per heavy atom. The van der Waals surface area contributed by atoms with Gasteiger partial charge >= 0.3 is 0 Å². The van der Waals surface area contributed by atoms with Gasteiger partial charge in [0.05, 0.1) is 0 Å². The van der Waals surface area contributed by atoms with E-state index < -0.39 is 8.07 Å². The smallest absolute Gasteiger partial charge is 0.0473 e. The summed E-state index contributed by atoms with van der Waals surface area (Å²) in [5, 5.41) is 0. The lowest BCUT2D eigenvalue weighted by molar-refractivity contribution is 0.495. The lowest BCUT2D eigenvalue weighted by Crippen LogP contribution is -2.26.